The summed E-state index contributed by atoms with van der Waals surface area (Å²) in [7, 11) is 0.500. The second-order valence-electron chi connectivity index (χ2n) is 1.58. The number of alkyl halides is 1. The lowest BCUT2D eigenvalue weighted by molar-refractivity contribution is 0.109. The SMILES string of the molecule is CF.O=Cc1ccc(CO)o1. The Morgan fingerprint density at radius 1 is 1.64 bits per heavy atom. The predicted molar refractivity (Wildman–Crippen MR) is 37.1 cm³/mol. The molecule has 0 spiro atoms. The molecular formula is C7H9FO3. The Morgan fingerprint density at radius 2 is 2.27 bits per heavy atom. The Labute approximate surface area is 63.4 Å². The van der Waals surface area contributed by atoms with Crippen molar-refractivity contribution in [1.82, 2.24) is 0 Å². The van der Waals surface area contributed by atoms with Crippen LogP contribution in [0, 0.1) is 0 Å². The molecule has 0 aliphatic rings. The van der Waals surface area contributed by atoms with Crippen LogP contribution in [0.3, 0.4) is 0 Å². The van der Waals surface area contributed by atoms with Crippen LogP contribution >= 0.6 is 0 Å². The van der Waals surface area contributed by atoms with Crippen LogP contribution in [0.1, 0.15) is 16.3 Å². The minimum absolute atomic E-state index is 0.159. The van der Waals surface area contributed by atoms with E-state index in [9.17, 15) is 9.18 Å². The molecule has 0 aliphatic heterocycles. The maximum Gasteiger partial charge on any atom is 0.185 e. The first-order valence-electron chi connectivity index (χ1n) is 2.89. The van der Waals surface area contributed by atoms with Gasteiger partial charge in [0.2, 0.25) is 0 Å². The second-order valence-corrected chi connectivity index (χ2v) is 1.58. The molecule has 0 saturated heterocycles. The Hall–Kier alpha value is -1.16. The zero-order valence-electron chi connectivity index (χ0n) is 6.08. The van der Waals surface area contributed by atoms with Gasteiger partial charge in [-0.05, 0) is 12.1 Å². The van der Waals surface area contributed by atoms with Crippen molar-refractivity contribution in [2.24, 2.45) is 0 Å². The molecule has 0 unspecified atom stereocenters. The Morgan fingerprint density at radius 3 is 2.55 bits per heavy atom. The summed E-state index contributed by atoms with van der Waals surface area (Å²) in [6.07, 6.45) is 0.596. The smallest absolute Gasteiger partial charge is 0.185 e. The molecule has 1 aromatic rings. The van der Waals surface area contributed by atoms with Gasteiger partial charge in [0.25, 0.3) is 0 Å². The first-order valence-corrected chi connectivity index (χ1v) is 2.89. The van der Waals surface area contributed by atoms with Gasteiger partial charge in [0.1, 0.15) is 12.4 Å². The van der Waals surface area contributed by atoms with E-state index in [0.717, 1.165) is 0 Å². The highest BCUT2D eigenvalue weighted by Gasteiger charge is 1.96. The fourth-order valence-electron chi connectivity index (χ4n) is 0.543. The molecule has 62 valence electrons. The summed E-state index contributed by atoms with van der Waals surface area (Å²) in [6, 6.07) is 3.07. The number of aldehydes is 1. The van der Waals surface area contributed by atoms with Gasteiger partial charge >= 0.3 is 0 Å². The lowest BCUT2D eigenvalue weighted by Gasteiger charge is -1.82. The summed E-state index contributed by atoms with van der Waals surface area (Å²) >= 11 is 0. The Bertz CT molecular complexity index is 207. The standard InChI is InChI=1S/C6H6O3.CH3F/c7-3-5-1-2-6(4-8)9-5;1-2/h1-3,8H,4H2;1H3. The highest BCUT2D eigenvalue weighted by Crippen LogP contribution is 2.03. The van der Waals surface area contributed by atoms with Gasteiger partial charge in [0.05, 0.1) is 7.18 Å². The highest BCUT2D eigenvalue weighted by molar-refractivity contribution is 5.70. The van der Waals surface area contributed by atoms with E-state index in [1.807, 2.05) is 0 Å². The molecule has 0 saturated carbocycles. The van der Waals surface area contributed by atoms with Gasteiger partial charge in [0, 0.05) is 0 Å². The molecule has 1 aromatic heterocycles. The van der Waals surface area contributed by atoms with Gasteiger partial charge in [-0.3, -0.25) is 9.18 Å². The van der Waals surface area contributed by atoms with E-state index in [1.165, 1.54) is 6.07 Å². The summed E-state index contributed by atoms with van der Waals surface area (Å²) in [5.41, 5.74) is 0. The quantitative estimate of drug-likeness (QED) is 0.660. The van der Waals surface area contributed by atoms with Gasteiger partial charge in [-0.25, -0.2) is 0 Å². The van der Waals surface area contributed by atoms with Crippen LogP contribution in [-0.2, 0) is 6.61 Å². The normalized spacial score (nSPS) is 8.27. The number of carbonyl (C=O) groups excluding carboxylic acids is 1. The van der Waals surface area contributed by atoms with Crippen LogP contribution in [0.5, 0.6) is 0 Å². The van der Waals surface area contributed by atoms with Crippen LogP contribution in [0.15, 0.2) is 16.5 Å². The minimum atomic E-state index is -0.159. The molecular weight excluding hydrogens is 151 g/mol. The maximum atomic E-state index is 9.96. The molecule has 1 heterocycles. The fraction of sp³-hybridized carbons (Fsp3) is 0.286. The summed E-state index contributed by atoms with van der Waals surface area (Å²) in [4.78, 5) is 9.96. The van der Waals surface area contributed by atoms with Crippen LogP contribution < -0.4 is 0 Å². The third-order valence-electron chi connectivity index (χ3n) is 0.954. The van der Waals surface area contributed by atoms with E-state index in [0.29, 0.717) is 19.2 Å². The van der Waals surface area contributed by atoms with E-state index >= 15 is 0 Å². The molecule has 0 amide bonds. The second kappa shape index (κ2) is 5.61. The predicted octanol–water partition coefficient (Wildman–Crippen LogP) is 1.17. The molecule has 0 atom stereocenters. The third kappa shape index (κ3) is 2.95. The first-order chi connectivity index (χ1) is 5.36. The fourth-order valence-corrected chi connectivity index (χ4v) is 0.543. The first kappa shape index (κ1) is 9.84. The zero-order valence-corrected chi connectivity index (χ0v) is 6.08. The largest absolute Gasteiger partial charge is 0.456 e. The summed E-state index contributed by atoms with van der Waals surface area (Å²) in [5.74, 6) is 0.663. The van der Waals surface area contributed by atoms with Crippen LogP contribution in [0.4, 0.5) is 4.39 Å². The molecule has 0 aromatic carbocycles. The number of aliphatic hydroxyl groups is 1. The van der Waals surface area contributed by atoms with E-state index in [2.05, 4.69) is 0 Å². The molecule has 0 radical (unpaired) electrons. The number of hydrogen-bond acceptors (Lipinski definition) is 3. The molecule has 1 rings (SSSR count). The maximum absolute atomic E-state index is 9.96. The van der Waals surface area contributed by atoms with Crippen LogP contribution in [-0.4, -0.2) is 18.6 Å². The number of halogens is 1. The van der Waals surface area contributed by atoms with Crippen LogP contribution in [0.2, 0.25) is 0 Å². The van der Waals surface area contributed by atoms with Gasteiger partial charge in [0.15, 0.2) is 12.0 Å². The summed E-state index contributed by atoms with van der Waals surface area (Å²) < 4.78 is 14.3. The zero-order chi connectivity index (χ0) is 8.69. The van der Waals surface area contributed by atoms with Crippen LogP contribution in [0.25, 0.3) is 0 Å². The van der Waals surface area contributed by atoms with E-state index in [4.69, 9.17) is 9.52 Å². The average molecular weight is 160 g/mol. The molecule has 0 aliphatic carbocycles. The van der Waals surface area contributed by atoms with Gasteiger partial charge in [-0.2, -0.15) is 0 Å². The monoisotopic (exact) mass is 160 g/mol. The summed E-state index contributed by atoms with van der Waals surface area (Å²) in [5, 5.41) is 8.44. The molecule has 3 nitrogen and oxygen atoms in total. The van der Waals surface area contributed by atoms with E-state index < -0.39 is 0 Å². The average Bonchev–Trinajstić information content (AvgIpc) is 2.55. The van der Waals surface area contributed by atoms with Gasteiger partial charge < -0.3 is 9.52 Å². The van der Waals surface area contributed by atoms with E-state index in [-0.39, 0.29) is 12.4 Å². The van der Waals surface area contributed by atoms with Crippen molar-refractivity contribution in [3.05, 3.63) is 23.7 Å². The topological polar surface area (TPSA) is 50.4 Å². The Kier molecular flexibility index (Phi) is 5.02. The number of aliphatic hydroxyl groups excluding tert-OH is 1. The number of carbonyl (C=O) groups is 1. The number of rotatable bonds is 2. The summed E-state index contributed by atoms with van der Waals surface area (Å²) in [6.45, 7) is -0.159. The van der Waals surface area contributed by atoms with Gasteiger partial charge in [-0.1, -0.05) is 0 Å². The van der Waals surface area contributed by atoms with Crippen molar-refractivity contribution in [2.75, 3.05) is 7.18 Å². The van der Waals surface area contributed by atoms with Crippen molar-refractivity contribution in [3.63, 3.8) is 0 Å². The van der Waals surface area contributed by atoms with Crippen molar-refractivity contribution in [2.45, 2.75) is 6.61 Å². The van der Waals surface area contributed by atoms with E-state index in [1.54, 1.807) is 6.07 Å². The lowest BCUT2D eigenvalue weighted by Crippen LogP contribution is -1.74. The van der Waals surface area contributed by atoms with Crippen molar-refractivity contribution in [3.8, 4) is 0 Å². The lowest BCUT2D eigenvalue weighted by atomic mass is 10.4. The van der Waals surface area contributed by atoms with Gasteiger partial charge in [-0.15, -0.1) is 0 Å². The van der Waals surface area contributed by atoms with Crippen molar-refractivity contribution >= 4 is 6.29 Å². The highest BCUT2D eigenvalue weighted by atomic mass is 19.1. The molecule has 0 bridgehead atoms. The molecule has 4 heteroatoms. The Balaban J connectivity index is 0.000000461. The van der Waals surface area contributed by atoms with Crippen molar-refractivity contribution in [1.29, 1.82) is 0 Å². The van der Waals surface area contributed by atoms with Crippen molar-refractivity contribution < 1.29 is 18.7 Å². The minimum Gasteiger partial charge on any atom is -0.456 e. The number of furan rings is 1. The molecule has 0 fully saturated rings. The molecule has 11 heavy (non-hydrogen) atoms. The third-order valence-corrected chi connectivity index (χ3v) is 0.954. The number of hydrogen-bond donors (Lipinski definition) is 1. The molecule has 1 N–H and O–H groups in total.